The molecule has 0 unspecified atom stereocenters. The third-order valence-corrected chi connectivity index (χ3v) is 4.76. The molecule has 3 N–H and O–H groups in total. The summed E-state index contributed by atoms with van der Waals surface area (Å²) in [4.78, 5) is 18.1. The van der Waals surface area contributed by atoms with Gasteiger partial charge in [-0.05, 0) is 57.7 Å². The molecule has 182 valence electrons. The van der Waals surface area contributed by atoms with Gasteiger partial charge in [0.2, 0.25) is 0 Å². The minimum absolute atomic E-state index is 0. The summed E-state index contributed by atoms with van der Waals surface area (Å²) in [6.07, 6.45) is 2.27. The highest BCUT2D eigenvalue weighted by Crippen LogP contribution is 2.17. The van der Waals surface area contributed by atoms with Gasteiger partial charge in [0.25, 0.3) is 0 Å². The van der Waals surface area contributed by atoms with E-state index >= 15 is 0 Å². The zero-order valence-electron chi connectivity index (χ0n) is 19.3. The van der Waals surface area contributed by atoms with Crippen LogP contribution in [0.15, 0.2) is 23.2 Å². The lowest BCUT2D eigenvalue weighted by Gasteiger charge is -2.34. The summed E-state index contributed by atoms with van der Waals surface area (Å²) in [5, 5.41) is 15.3. The summed E-state index contributed by atoms with van der Waals surface area (Å²) in [5.74, 6) is -0.224. The van der Waals surface area contributed by atoms with Crippen LogP contribution >= 0.6 is 24.0 Å². The number of aromatic hydroxyl groups is 1. The van der Waals surface area contributed by atoms with Gasteiger partial charge in [-0.1, -0.05) is 6.07 Å². The normalized spacial score (nSPS) is 15.2. The summed E-state index contributed by atoms with van der Waals surface area (Å²) in [7, 11) is 1.72. The Balaban J connectivity index is 0.00000512. The third-order valence-electron chi connectivity index (χ3n) is 4.76. The minimum Gasteiger partial charge on any atom is -0.505 e. The number of benzene rings is 1. The average molecular weight is 566 g/mol. The van der Waals surface area contributed by atoms with Crippen molar-refractivity contribution in [1.82, 2.24) is 15.5 Å². The SMILES string of the molecule is CN=C(NCc1ccc(O)c(F)c1)N1CCC(OCCCNC(=O)OC(C)(C)C)CC1.I. The summed E-state index contributed by atoms with van der Waals surface area (Å²) < 4.78 is 24.6. The first kappa shape index (κ1) is 28.2. The molecule has 0 saturated carbocycles. The summed E-state index contributed by atoms with van der Waals surface area (Å²) in [6.45, 7) is 8.64. The van der Waals surface area contributed by atoms with Crippen molar-refractivity contribution in [1.29, 1.82) is 0 Å². The highest BCUT2D eigenvalue weighted by molar-refractivity contribution is 14.0. The number of ether oxygens (including phenoxy) is 2. The number of hydrogen-bond donors (Lipinski definition) is 3. The van der Waals surface area contributed by atoms with Crippen molar-refractivity contribution in [3.63, 3.8) is 0 Å². The topological polar surface area (TPSA) is 95.4 Å². The molecule has 2 rings (SSSR count). The molecule has 1 aromatic rings. The number of phenolic OH excluding ortho intramolecular Hbond substituents is 1. The molecule has 0 bridgehead atoms. The maximum atomic E-state index is 13.5. The number of halogens is 2. The number of hydrogen-bond acceptors (Lipinski definition) is 5. The second-order valence-corrected chi connectivity index (χ2v) is 8.53. The Bertz CT molecular complexity index is 750. The second-order valence-electron chi connectivity index (χ2n) is 8.53. The van der Waals surface area contributed by atoms with Crippen LogP contribution < -0.4 is 10.6 Å². The molecular formula is C22H36FIN4O4. The van der Waals surface area contributed by atoms with Gasteiger partial charge in [-0.15, -0.1) is 24.0 Å². The third kappa shape index (κ3) is 10.2. The molecule has 1 aliphatic rings. The lowest BCUT2D eigenvalue weighted by atomic mass is 10.1. The molecule has 32 heavy (non-hydrogen) atoms. The van der Waals surface area contributed by atoms with Gasteiger partial charge in [-0.25, -0.2) is 9.18 Å². The summed E-state index contributed by atoms with van der Waals surface area (Å²) in [6, 6.07) is 4.34. The quantitative estimate of drug-likeness (QED) is 0.202. The van der Waals surface area contributed by atoms with Crippen molar-refractivity contribution in [3.8, 4) is 5.75 Å². The van der Waals surface area contributed by atoms with Gasteiger partial charge in [0.1, 0.15) is 5.60 Å². The van der Waals surface area contributed by atoms with E-state index in [1.54, 1.807) is 13.1 Å². The average Bonchev–Trinajstić information content (AvgIpc) is 2.70. The molecule has 1 saturated heterocycles. The molecule has 0 atom stereocenters. The largest absolute Gasteiger partial charge is 0.505 e. The number of carbonyl (C=O) groups is 1. The molecule has 8 nitrogen and oxygen atoms in total. The first-order valence-electron chi connectivity index (χ1n) is 10.7. The fraction of sp³-hybridized carbons (Fsp3) is 0.636. The fourth-order valence-electron chi connectivity index (χ4n) is 3.23. The number of likely N-dealkylation sites (tertiary alicyclic amines) is 1. The van der Waals surface area contributed by atoms with E-state index in [1.807, 2.05) is 20.8 Å². The van der Waals surface area contributed by atoms with Crippen LogP contribution in [-0.2, 0) is 16.0 Å². The summed E-state index contributed by atoms with van der Waals surface area (Å²) in [5.41, 5.74) is 0.235. The highest BCUT2D eigenvalue weighted by Gasteiger charge is 2.22. The van der Waals surface area contributed by atoms with E-state index in [0.29, 0.717) is 19.7 Å². The minimum atomic E-state index is -0.631. The van der Waals surface area contributed by atoms with Gasteiger partial charge in [0.05, 0.1) is 6.10 Å². The van der Waals surface area contributed by atoms with Crippen LogP contribution in [0.3, 0.4) is 0 Å². The Kier molecular flexibility index (Phi) is 12.0. The first-order valence-corrected chi connectivity index (χ1v) is 10.7. The molecule has 0 radical (unpaired) electrons. The highest BCUT2D eigenvalue weighted by atomic mass is 127. The predicted octanol–water partition coefficient (Wildman–Crippen LogP) is 3.62. The van der Waals surface area contributed by atoms with E-state index in [-0.39, 0.29) is 35.8 Å². The molecule has 1 fully saturated rings. The van der Waals surface area contributed by atoms with E-state index in [2.05, 4.69) is 20.5 Å². The number of nitrogens with zero attached hydrogens (tertiary/aromatic N) is 2. The van der Waals surface area contributed by atoms with Crippen LogP contribution in [0.4, 0.5) is 9.18 Å². The van der Waals surface area contributed by atoms with E-state index in [9.17, 15) is 14.3 Å². The number of carbonyl (C=O) groups excluding carboxylic acids is 1. The van der Waals surface area contributed by atoms with Gasteiger partial charge in [0.15, 0.2) is 17.5 Å². The number of guanidine groups is 1. The number of piperidine rings is 1. The number of aliphatic imine (C=N–C) groups is 1. The first-order chi connectivity index (χ1) is 14.7. The van der Waals surface area contributed by atoms with Crippen LogP contribution in [0.5, 0.6) is 5.75 Å². The Labute approximate surface area is 207 Å². The summed E-state index contributed by atoms with van der Waals surface area (Å²) >= 11 is 0. The Hall–Kier alpha value is -1.82. The van der Waals surface area contributed by atoms with Gasteiger partial charge in [-0.2, -0.15) is 0 Å². The van der Waals surface area contributed by atoms with Crippen molar-refractivity contribution in [3.05, 3.63) is 29.6 Å². The Morgan fingerprint density at radius 2 is 1.97 bits per heavy atom. The van der Waals surface area contributed by atoms with E-state index in [4.69, 9.17) is 9.47 Å². The van der Waals surface area contributed by atoms with Crippen LogP contribution in [0.2, 0.25) is 0 Å². The van der Waals surface area contributed by atoms with Crippen molar-refractivity contribution >= 4 is 36.0 Å². The molecular weight excluding hydrogens is 530 g/mol. The monoisotopic (exact) mass is 566 g/mol. The smallest absolute Gasteiger partial charge is 0.407 e. The molecule has 1 heterocycles. The molecule has 1 amide bonds. The molecule has 1 aromatic carbocycles. The number of amides is 1. The molecule has 0 aromatic heterocycles. The van der Waals surface area contributed by atoms with Crippen molar-refractivity contribution in [2.75, 3.05) is 33.3 Å². The Morgan fingerprint density at radius 1 is 1.28 bits per heavy atom. The number of phenols is 1. The van der Waals surface area contributed by atoms with Gasteiger partial charge in [0, 0.05) is 39.8 Å². The van der Waals surface area contributed by atoms with Crippen LogP contribution in [-0.4, -0.2) is 67.1 Å². The van der Waals surface area contributed by atoms with E-state index < -0.39 is 17.5 Å². The Morgan fingerprint density at radius 3 is 2.56 bits per heavy atom. The van der Waals surface area contributed by atoms with Crippen molar-refractivity contribution in [2.45, 2.75) is 58.3 Å². The maximum absolute atomic E-state index is 13.5. The van der Waals surface area contributed by atoms with E-state index in [0.717, 1.165) is 43.9 Å². The van der Waals surface area contributed by atoms with Crippen LogP contribution in [0.1, 0.15) is 45.6 Å². The zero-order valence-corrected chi connectivity index (χ0v) is 21.6. The number of nitrogens with one attached hydrogen (secondary N) is 2. The van der Waals surface area contributed by atoms with Crippen LogP contribution in [0, 0.1) is 5.82 Å². The van der Waals surface area contributed by atoms with Gasteiger partial charge < -0.3 is 30.1 Å². The fourth-order valence-corrected chi connectivity index (χ4v) is 3.23. The zero-order chi connectivity index (χ0) is 22.9. The van der Waals surface area contributed by atoms with Crippen molar-refractivity contribution in [2.24, 2.45) is 4.99 Å². The van der Waals surface area contributed by atoms with Crippen molar-refractivity contribution < 1.29 is 23.8 Å². The number of rotatable bonds is 7. The molecule has 1 aliphatic heterocycles. The van der Waals surface area contributed by atoms with E-state index in [1.165, 1.54) is 12.1 Å². The van der Waals surface area contributed by atoms with Gasteiger partial charge in [-0.3, -0.25) is 4.99 Å². The van der Waals surface area contributed by atoms with Crippen LogP contribution in [0.25, 0.3) is 0 Å². The molecule has 0 aliphatic carbocycles. The van der Waals surface area contributed by atoms with Gasteiger partial charge >= 0.3 is 6.09 Å². The molecule has 0 spiro atoms. The lowest BCUT2D eigenvalue weighted by molar-refractivity contribution is 0.0170. The maximum Gasteiger partial charge on any atom is 0.407 e. The standard InChI is InChI=1S/C22H35FN4O4.HI/c1-22(2,3)31-21(29)25-10-5-13-30-17-8-11-27(12-9-17)20(24-4)26-15-16-6-7-19(28)18(23)14-16;/h6-7,14,17,28H,5,8-13,15H2,1-4H3,(H,24,26)(H,25,29);1H. The second kappa shape index (κ2) is 13.7. The molecule has 10 heteroatoms. The lowest BCUT2D eigenvalue weighted by Crippen LogP contribution is -2.46. The number of alkyl carbamates (subject to hydrolysis) is 1. The predicted molar refractivity (Wildman–Crippen MR) is 133 cm³/mol.